The van der Waals surface area contributed by atoms with E-state index >= 15 is 0 Å². The van der Waals surface area contributed by atoms with Crippen LogP contribution in [-0.2, 0) is 22.4 Å². The predicted molar refractivity (Wildman–Crippen MR) is 104 cm³/mol. The van der Waals surface area contributed by atoms with Crippen molar-refractivity contribution < 1.29 is 32.3 Å². The highest BCUT2D eigenvalue weighted by molar-refractivity contribution is 6.07. The van der Waals surface area contributed by atoms with Crippen molar-refractivity contribution in [3.05, 3.63) is 65.7 Å². The van der Waals surface area contributed by atoms with E-state index in [1.807, 2.05) is 30.3 Å². The van der Waals surface area contributed by atoms with Gasteiger partial charge in [0.25, 0.3) is 5.91 Å². The van der Waals surface area contributed by atoms with Crippen LogP contribution in [-0.4, -0.2) is 34.8 Å². The van der Waals surface area contributed by atoms with E-state index in [-0.39, 0.29) is 6.42 Å². The van der Waals surface area contributed by atoms with Crippen molar-refractivity contribution in [2.45, 2.75) is 38.1 Å². The number of nitrogens with one attached hydrogen (secondary N) is 2. The number of urea groups is 1. The van der Waals surface area contributed by atoms with Crippen LogP contribution in [0.5, 0.6) is 5.75 Å². The van der Waals surface area contributed by atoms with Gasteiger partial charge in [-0.25, -0.2) is 4.79 Å². The van der Waals surface area contributed by atoms with Crippen LogP contribution < -0.4 is 15.5 Å². The van der Waals surface area contributed by atoms with E-state index in [1.165, 1.54) is 12.1 Å². The molecule has 0 bridgehead atoms. The summed E-state index contributed by atoms with van der Waals surface area (Å²) in [6, 6.07) is 13.4. The number of benzene rings is 2. The monoisotopic (exact) mass is 435 g/mol. The van der Waals surface area contributed by atoms with Gasteiger partial charge in [0.1, 0.15) is 11.3 Å². The van der Waals surface area contributed by atoms with Gasteiger partial charge in [0.15, 0.2) is 0 Å². The minimum absolute atomic E-state index is 0.246. The van der Waals surface area contributed by atoms with Crippen LogP contribution in [0, 0.1) is 0 Å². The molecule has 10 heteroatoms. The molecule has 164 valence electrons. The number of hydrogen-bond donors (Lipinski definition) is 2. The molecule has 0 saturated carbocycles. The summed E-state index contributed by atoms with van der Waals surface area (Å²) in [6.07, 6.45) is -4.16. The highest BCUT2D eigenvalue weighted by Crippen LogP contribution is 2.24. The van der Waals surface area contributed by atoms with E-state index in [9.17, 15) is 27.6 Å². The number of hydrogen-bond acceptors (Lipinski definition) is 4. The molecule has 1 unspecified atom stereocenters. The van der Waals surface area contributed by atoms with Crippen LogP contribution in [0.25, 0.3) is 0 Å². The SMILES string of the molecule is CC1(CCc2ccccc2)NC(=O)N(NC(=O)Cc2ccc(OC(F)(F)F)cc2)C1=O. The van der Waals surface area contributed by atoms with Gasteiger partial charge < -0.3 is 10.1 Å². The summed E-state index contributed by atoms with van der Waals surface area (Å²) in [5.41, 5.74) is 2.47. The van der Waals surface area contributed by atoms with Crippen LogP contribution in [0.4, 0.5) is 18.0 Å². The second kappa shape index (κ2) is 8.66. The third-order valence-corrected chi connectivity index (χ3v) is 4.78. The number of carbonyl (C=O) groups excluding carboxylic acids is 3. The number of halogens is 3. The molecule has 0 radical (unpaired) electrons. The van der Waals surface area contributed by atoms with Gasteiger partial charge in [-0.1, -0.05) is 42.5 Å². The normalized spacial score (nSPS) is 18.6. The van der Waals surface area contributed by atoms with Crippen LogP contribution in [0.1, 0.15) is 24.5 Å². The van der Waals surface area contributed by atoms with Crippen molar-refractivity contribution in [1.29, 1.82) is 0 Å². The zero-order chi connectivity index (χ0) is 22.6. The molecule has 4 amide bonds. The second-order valence-electron chi connectivity index (χ2n) is 7.29. The summed E-state index contributed by atoms with van der Waals surface area (Å²) in [7, 11) is 0. The zero-order valence-electron chi connectivity index (χ0n) is 16.5. The summed E-state index contributed by atoms with van der Waals surface area (Å²) in [5.74, 6) is -1.67. The molecule has 31 heavy (non-hydrogen) atoms. The summed E-state index contributed by atoms with van der Waals surface area (Å²) in [6.45, 7) is 1.59. The molecule has 1 atom stereocenters. The number of nitrogens with zero attached hydrogens (tertiary/aromatic N) is 1. The van der Waals surface area contributed by atoms with Crippen molar-refractivity contribution in [3.63, 3.8) is 0 Å². The molecule has 1 aliphatic rings. The van der Waals surface area contributed by atoms with Gasteiger partial charge in [-0.05, 0) is 43.0 Å². The van der Waals surface area contributed by atoms with E-state index in [1.54, 1.807) is 6.92 Å². The van der Waals surface area contributed by atoms with E-state index in [0.29, 0.717) is 23.4 Å². The first-order valence-corrected chi connectivity index (χ1v) is 9.40. The van der Waals surface area contributed by atoms with E-state index < -0.39 is 35.5 Å². The van der Waals surface area contributed by atoms with Crippen LogP contribution >= 0.6 is 0 Å². The summed E-state index contributed by atoms with van der Waals surface area (Å²) >= 11 is 0. The summed E-state index contributed by atoms with van der Waals surface area (Å²) < 4.78 is 40.4. The standard InChI is InChI=1S/C21H20F3N3O4/c1-20(12-11-14-5-3-2-4-6-14)18(29)27(19(30)25-20)26-17(28)13-15-7-9-16(10-8-15)31-21(22,23)24/h2-10H,11-13H2,1H3,(H,25,30)(H,26,28). The van der Waals surface area contributed by atoms with Gasteiger partial charge in [0.05, 0.1) is 6.42 Å². The smallest absolute Gasteiger partial charge is 0.406 e. The predicted octanol–water partition coefficient (Wildman–Crippen LogP) is 3.10. The molecular formula is C21H20F3N3O4. The van der Waals surface area contributed by atoms with E-state index in [4.69, 9.17) is 0 Å². The third-order valence-electron chi connectivity index (χ3n) is 4.78. The van der Waals surface area contributed by atoms with Crippen molar-refractivity contribution in [2.24, 2.45) is 0 Å². The van der Waals surface area contributed by atoms with Gasteiger partial charge in [-0.3, -0.25) is 15.0 Å². The highest BCUT2D eigenvalue weighted by atomic mass is 19.4. The lowest BCUT2D eigenvalue weighted by Crippen LogP contribution is -2.49. The summed E-state index contributed by atoms with van der Waals surface area (Å²) in [5, 5.41) is 3.23. The minimum Gasteiger partial charge on any atom is -0.406 e. The lowest BCUT2D eigenvalue weighted by molar-refractivity contribution is -0.274. The Balaban J connectivity index is 1.57. The van der Waals surface area contributed by atoms with Gasteiger partial charge in [-0.2, -0.15) is 5.01 Å². The molecule has 1 fully saturated rings. The Hall–Kier alpha value is -3.56. The van der Waals surface area contributed by atoms with Crippen molar-refractivity contribution in [3.8, 4) is 5.75 Å². The van der Waals surface area contributed by atoms with Gasteiger partial charge in [0.2, 0.25) is 5.91 Å². The fourth-order valence-corrected chi connectivity index (χ4v) is 3.15. The lowest BCUT2D eigenvalue weighted by Gasteiger charge is -2.21. The molecule has 0 aromatic heterocycles. The molecule has 1 saturated heterocycles. The first-order valence-electron chi connectivity index (χ1n) is 9.40. The number of rotatable bonds is 7. The first-order chi connectivity index (χ1) is 14.6. The molecule has 3 rings (SSSR count). The molecule has 0 spiro atoms. The molecule has 2 aromatic rings. The Labute approximate surface area is 176 Å². The highest BCUT2D eigenvalue weighted by Gasteiger charge is 2.48. The molecular weight excluding hydrogens is 415 g/mol. The van der Waals surface area contributed by atoms with Crippen LogP contribution in [0.2, 0.25) is 0 Å². The van der Waals surface area contributed by atoms with Gasteiger partial charge in [-0.15, -0.1) is 13.2 Å². The zero-order valence-corrected chi connectivity index (χ0v) is 16.5. The molecule has 1 aliphatic heterocycles. The van der Waals surface area contributed by atoms with Gasteiger partial charge in [0, 0.05) is 0 Å². The lowest BCUT2D eigenvalue weighted by atomic mass is 9.93. The molecule has 1 heterocycles. The van der Waals surface area contributed by atoms with Gasteiger partial charge >= 0.3 is 12.4 Å². The van der Waals surface area contributed by atoms with Crippen LogP contribution in [0.3, 0.4) is 0 Å². The molecule has 2 aromatic carbocycles. The minimum atomic E-state index is -4.81. The topological polar surface area (TPSA) is 87.7 Å². The van der Waals surface area contributed by atoms with Crippen molar-refractivity contribution in [1.82, 2.24) is 15.8 Å². The molecule has 7 nitrogen and oxygen atoms in total. The number of imide groups is 1. The fraction of sp³-hybridized carbons (Fsp3) is 0.286. The number of carbonyl (C=O) groups is 3. The average molecular weight is 435 g/mol. The maximum absolute atomic E-state index is 12.7. The average Bonchev–Trinajstić information content (AvgIpc) is 2.91. The van der Waals surface area contributed by atoms with E-state index in [0.717, 1.165) is 17.7 Å². The first kappa shape index (κ1) is 22.1. The Morgan fingerprint density at radius 2 is 1.71 bits per heavy atom. The number of aryl methyl sites for hydroxylation is 1. The summed E-state index contributed by atoms with van der Waals surface area (Å²) in [4.78, 5) is 37.2. The van der Waals surface area contributed by atoms with Crippen molar-refractivity contribution in [2.75, 3.05) is 0 Å². The Morgan fingerprint density at radius 3 is 2.32 bits per heavy atom. The van der Waals surface area contributed by atoms with E-state index in [2.05, 4.69) is 15.5 Å². The number of alkyl halides is 3. The Bertz CT molecular complexity index is 964. The fourth-order valence-electron chi connectivity index (χ4n) is 3.15. The number of hydrazine groups is 1. The Kier molecular flexibility index (Phi) is 6.19. The largest absolute Gasteiger partial charge is 0.573 e. The number of ether oxygens (including phenoxy) is 1. The number of amides is 4. The van der Waals surface area contributed by atoms with Crippen molar-refractivity contribution >= 4 is 17.8 Å². The third kappa shape index (κ3) is 5.74. The molecule has 2 N–H and O–H groups in total. The van der Waals surface area contributed by atoms with Crippen LogP contribution in [0.15, 0.2) is 54.6 Å². The quantitative estimate of drug-likeness (QED) is 0.655. The maximum Gasteiger partial charge on any atom is 0.573 e. The second-order valence-corrected chi connectivity index (χ2v) is 7.29. The maximum atomic E-state index is 12.7. The molecule has 0 aliphatic carbocycles. The Morgan fingerprint density at radius 1 is 1.06 bits per heavy atom.